The molecule has 2 aliphatic heterocycles. The van der Waals surface area contributed by atoms with Gasteiger partial charge in [0.1, 0.15) is 46.3 Å². The number of carboxylic acid groups (broad SMARTS) is 1. The molecule has 93 heavy (non-hydrogen) atoms. The first-order valence-corrected chi connectivity index (χ1v) is 33.3. The van der Waals surface area contributed by atoms with Crippen LogP contribution in [0.5, 0.6) is 11.5 Å². The van der Waals surface area contributed by atoms with Crippen molar-refractivity contribution in [1.82, 2.24) is 50.5 Å². The number of likely N-dealkylation sites (tertiary alicyclic amines) is 2. The molecule has 3 aliphatic rings. The fraction of sp³-hybridized carbons (Fsp3) is 0.507. The summed E-state index contributed by atoms with van der Waals surface area (Å²) in [6.07, 6.45) is 13.7. The van der Waals surface area contributed by atoms with Crippen molar-refractivity contribution < 1.29 is 57.6 Å². The molecule has 2 saturated heterocycles. The summed E-state index contributed by atoms with van der Waals surface area (Å²) >= 11 is 1.28. The molecule has 9 rings (SSSR count). The van der Waals surface area contributed by atoms with Gasteiger partial charge in [0.15, 0.2) is 11.6 Å². The zero-order valence-corrected chi connectivity index (χ0v) is 55.1. The second-order valence-electron chi connectivity index (χ2n) is 25.2. The van der Waals surface area contributed by atoms with Crippen LogP contribution < -0.4 is 25.4 Å². The molecule has 5 amide bonds. The van der Waals surface area contributed by atoms with Gasteiger partial charge in [-0.25, -0.2) is 14.6 Å². The Morgan fingerprint density at radius 3 is 2.19 bits per heavy atom. The largest absolute Gasteiger partial charge is 0.494 e. The van der Waals surface area contributed by atoms with E-state index in [1.54, 1.807) is 82.7 Å². The fourth-order valence-corrected chi connectivity index (χ4v) is 12.9. The van der Waals surface area contributed by atoms with Crippen molar-refractivity contribution in [3.63, 3.8) is 0 Å². The van der Waals surface area contributed by atoms with E-state index in [4.69, 9.17) is 23.7 Å². The summed E-state index contributed by atoms with van der Waals surface area (Å²) in [6.45, 7) is 12.9. The van der Waals surface area contributed by atoms with Crippen molar-refractivity contribution in [3.05, 3.63) is 136 Å². The van der Waals surface area contributed by atoms with Gasteiger partial charge in [-0.15, -0.1) is 21.5 Å². The lowest BCUT2D eigenvalue weighted by molar-refractivity contribution is -0.140. The van der Waals surface area contributed by atoms with E-state index in [1.807, 2.05) is 60.4 Å². The number of unbranched alkanes of at least 4 members (excludes halogenated alkanes) is 2. The minimum Gasteiger partial charge on any atom is -0.494 e. The first kappa shape index (κ1) is 68.9. The number of benzene rings is 3. The second-order valence-corrected chi connectivity index (χ2v) is 26.2. The quantitative estimate of drug-likeness (QED) is 0.0207. The van der Waals surface area contributed by atoms with Gasteiger partial charge in [-0.3, -0.25) is 29.1 Å². The highest BCUT2D eigenvalue weighted by Crippen LogP contribution is 2.39. The number of anilines is 1. The lowest BCUT2D eigenvalue weighted by Gasteiger charge is -2.40. The number of nitrogens with one attached hydrogen (secondary N) is 4. The number of carbonyl (C=O) groups is 6. The van der Waals surface area contributed by atoms with E-state index < -0.39 is 41.3 Å². The van der Waals surface area contributed by atoms with Crippen molar-refractivity contribution in [3.8, 4) is 22.9 Å². The molecule has 0 radical (unpaired) electrons. The molecule has 3 aromatic heterocycles. The number of aromatic amines is 1. The Morgan fingerprint density at radius 2 is 1.44 bits per heavy atom. The Morgan fingerprint density at radius 1 is 0.753 bits per heavy atom. The molecule has 1 saturated carbocycles. The highest BCUT2D eigenvalue weighted by atomic mass is 32.1. The van der Waals surface area contributed by atoms with Crippen LogP contribution in [-0.4, -0.2) is 165 Å². The van der Waals surface area contributed by atoms with E-state index in [0.717, 1.165) is 81.1 Å². The summed E-state index contributed by atoms with van der Waals surface area (Å²) in [5, 5.41) is 29.1. The van der Waals surface area contributed by atoms with E-state index >= 15 is 0 Å². The molecular formula is C69H89N11O12S. The molecule has 3 aromatic carbocycles. The van der Waals surface area contributed by atoms with E-state index in [2.05, 4.69) is 41.1 Å². The number of amides is 5. The number of ketones is 1. The van der Waals surface area contributed by atoms with Gasteiger partial charge >= 0.3 is 12.2 Å². The van der Waals surface area contributed by atoms with E-state index in [1.165, 1.54) is 28.2 Å². The smallest absolute Gasteiger partial charge is 0.410 e. The topological polar surface area (TPSA) is 282 Å². The first-order chi connectivity index (χ1) is 44.8. The van der Waals surface area contributed by atoms with Gasteiger partial charge in [-0.05, 0) is 165 Å². The lowest BCUT2D eigenvalue weighted by atomic mass is 9.83. The Hall–Kier alpha value is -8.48. The van der Waals surface area contributed by atoms with Crippen molar-refractivity contribution in [2.45, 2.75) is 153 Å². The summed E-state index contributed by atoms with van der Waals surface area (Å²) < 4.78 is 29.3. The third-order valence-corrected chi connectivity index (χ3v) is 18.4. The summed E-state index contributed by atoms with van der Waals surface area (Å²) in [5.74, 6) is 1.35. The van der Waals surface area contributed by atoms with E-state index in [9.17, 15) is 33.9 Å². The number of hydrogen-bond donors (Lipinski definition) is 5. The third kappa shape index (κ3) is 19.1. The zero-order valence-electron chi connectivity index (χ0n) is 54.2. The predicted octanol–water partition coefficient (Wildman–Crippen LogP) is 11.2. The maximum absolute atomic E-state index is 14.5. The van der Waals surface area contributed by atoms with Gasteiger partial charge in [0, 0.05) is 87.5 Å². The van der Waals surface area contributed by atoms with E-state index in [-0.39, 0.29) is 35.6 Å². The number of piperidine rings is 1. The predicted molar refractivity (Wildman–Crippen MR) is 351 cm³/mol. The number of nitrogens with zero attached hydrogens (tertiary/aromatic N) is 7. The molecule has 0 unspecified atom stereocenters. The van der Waals surface area contributed by atoms with Crippen molar-refractivity contribution in [1.29, 1.82) is 0 Å². The number of pyridine rings is 1. The molecule has 3 fully saturated rings. The molecule has 5 heterocycles. The Labute approximate surface area is 548 Å². The normalized spacial score (nSPS) is 16.8. The van der Waals surface area contributed by atoms with Crippen molar-refractivity contribution in [2.24, 2.45) is 5.92 Å². The molecule has 23 nitrogen and oxygen atoms in total. The summed E-state index contributed by atoms with van der Waals surface area (Å²) in [6, 6.07) is 23.4. The van der Waals surface area contributed by atoms with Gasteiger partial charge in [0.05, 0.1) is 30.2 Å². The van der Waals surface area contributed by atoms with Gasteiger partial charge in [-0.1, -0.05) is 49.6 Å². The maximum Gasteiger partial charge on any atom is 0.410 e. The van der Waals surface area contributed by atoms with E-state index in [0.29, 0.717) is 123 Å². The van der Waals surface area contributed by atoms with Gasteiger partial charge in [0.25, 0.3) is 5.91 Å². The van der Waals surface area contributed by atoms with Crippen LogP contribution >= 0.6 is 11.3 Å². The van der Waals surface area contributed by atoms with Crippen LogP contribution in [0.3, 0.4) is 0 Å². The highest BCUT2D eigenvalue weighted by molar-refractivity contribution is 7.14. The number of carbonyl (C=O) groups excluding carboxylic acids is 5. The molecule has 0 bridgehead atoms. The van der Waals surface area contributed by atoms with Crippen LogP contribution in [0.1, 0.15) is 172 Å². The Bertz CT molecular complexity index is 3450. The molecule has 24 heteroatoms. The van der Waals surface area contributed by atoms with Crippen LogP contribution in [0, 0.1) is 5.92 Å². The fourth-order valence-electron chi connectivity index (χ4n) is 11.9. The molecule has 5 N–H and O–H groups in total. The summed E-state index contributed by atoms with van der Waals surface area (Å²) in [7, 11) is 1.52. The third-order valence-electron chi connectivity index (χ3n) is 17.3. The number of hydrogen-bond acceptors (Lipinski definition) is 17. The number of ether oxygens (including phenoxy) is 5. The summed E-state index contributed by atoms with van der Waals surface area (Å²) in [5.41, 5.74) is 1.83. The zero-order chi connectivity index (χ0) is 65.9. The van der Waals surface area contributed by atoms with Crippen LogP contribution in [0.25, 0.3) is 11.4 Å². The first-order valence-electron chi connectivity index (χ1n) is 32.5. The maximum atomic E-state index is 14.5. The molecule has 4 atom stereocenters. The average molecular weight is 1300 g/mol. The minimum atomic E-state index is -0.972. The number of thiazole rings is 1. The van der Waals surface area contributed by atoms with Crippen molar-refractivity contribution in [2.75, 3.05) is 71.6 Å². The average Bonchev–Trinajstić information content (AvgIpc) is 1.76. The van der Waals surface area contributed by atoms with Crippen LogP contribution in [0.2, 0.25) is 0 Å². The van der Waals surface area contributed by atoms with Gasteiger partial charge in [-0.2, -0.15) is 0 Å². The number of H-pyrrole nitrogens is 1. The minimum absolute atomic E-state index is 0.0399. The number of rotatable bonds is 30. The monoisotopic (exact) mass is 1300 g/mol. The molecule has 0 spiro atoms. The molecular weight excluding hydrogens is 1210 g/mol. The SMILES string of the molecule is C[C@@H](NC(=O)c1cccc(NC2(c3nnc(-c4ccncc4)[nH]3)CCN(C(=O)O)CC2)c1)c1cccc(OCCCCCOCCCOCCOc2cccc(C(=O)c3cnc([C@@H]4CCCN4C(=O)[C@@H](NC(=O)[C@H](C)N(C)C(=O)OC(C)(C)C)C4CCCCC4)s3)c2)c1. The van der Waals surface area contributed by atoms with Crippen LogP contribution in [0.15, 0.2) is 104 Å². The molecule has 498 valence electrons. The van der Waals surface area contributed by atoms with Gasteiger partial charge < -0.3 is 59.5 Å². The Balaban J connectivity index is 0.640. The van der Waals surface area contributed by atoms with Crippen LogP contribution in [-0.2, 0) is 29.3 Å². The standard InChI is InChI=1S/C69H89N11O12S/c1-46(72-62(83)52-22-13-23-53(42-52)75-69(29-34-79(35-30-69)66(85)86)65-74-60(76-77-65)49-27-31-70-32-28-49)50-20-14-24-54(43-50)90-39-12-8-11-36-88-37-17-38-89-40-41-91-55-25-15-21-51(44-55)59(81)57-45-71-63(93-57)56-26-16-33-80(56)64(84)58(48-18-9-7-10-19-48)73-61(82)47(2)78(6)67(87)92-68(3,4)5/h13-15,20-25,27-28,31-32,42-48,56,58,75H,7-12,16-19,26,29-30,33-41H2,1-6H3,(H,72,83)(H,73,82)(H,85,86)(H,74,76,77)/t46-,47+,56+,58+/m1/s1. The van der Waals surface area contributed by atoms with Gasteiger partial charge in [0.2, 0.25) is 17.6 Å². The van der Waals surface area contributed by atoms with Crippen molar-refractivity contribution >= 4 is 52.7 Å². The number of aromatic nitrogens is 5. The molecule has 1 aliphatic carbocycles. The second kappa shape index (κ2) is 32.9. The van der Waals surface area contributed by atoms with Crippen LogP contribution in [0.4, 0.5) is 15.3 Å². The summed E-state index contributed by atoms with van der Waals surface area (Å²) in [4.78, 5) is 97.5. The Kier molecular flexibility index (Phi) is 24.4. The highest BCUT2D eigenvalue weighted by Gasteiger charge is 2.43. The number of likely N-dealkylation sites (N-methyl/N-ethyl adjacent to an activating group) is 1. The molecule has 6 aromatic rings. The lowest BCUT2D eigenvalue weighted by Crippen LogP contribution is -2.56.